The van der Waals surface area contributed by atoms with Gasteiger partial charge in [-0.25, -0.2) is 4.39 Å². The molecule has 0 saturated heterocycles. The Balaban J connectivity index is 1.65. The highest BCUT2D eigenvalue weighted by molar-refractivity contribution is 7.99. The number of rotatable bonds is 8. The van der Waals surface area contributed by atoms with Crippen molar-refractivity contribution >= 4 is 35.0 Å². The molecule has 1 N–H and O–H groups in total. The largest absolute Gasteiger partial charge is 0.497 e. The van der Waals surface area contributed by atoms with E-state index in [2.05, 4.69) is 5.32 Å². The van der Waals surface area contributed by atoms with Crippen LogP contribution in [0.25, 0.3) is 0 Å². The van der Waals surface area contributed by atoms with Crippen LogP contribution in [0.15, 0.2) is 42.5 Å². The lowest BCUT2D eigenvalue weighted by Crippen LogP contribution is -2.15. The van der Waals surface area contributed by atoms with Crippen LogP contribution in [0.4, 0.5) is 10.1 Å². The molecule has 2 aromatic rings. The average molecular weight is 370 g/mol. The quantitative estimate of drug-likeness (QED) is 0.707. The molecule has 1 amide bonds. The second-order valence-corrected chi connectivity index (χ2v) is 6.26. The van der Waals surface area contributed by atoms with Gasteiger partial charge in [-0.05, 0) is 42.5 Å². The molecule has 2 rings (SSSR count). The molecule has 0 aromatic heterocycles. The molecule has 0 aliphatic carbocycles. The summed E-state index contributed by atoms with van der Waals surface area (Å²) in [5, 5.41) is 2.82. The van der Waals surface area contributed by atoms with E-state index < -0.39 is 5.82 Å². The van der Waals surface area contributed by atoms with E-state index in [9.17, 15) is 9.18 Å². The number of carbonyl (C=O) groups is 1. The first kappa shape index (κ1) is 18.4. The van der Waals surface area contributed by atoms with Crippen LogP contribution in [0.3, 0.4) is 0 Å². The predicted octanol–water partition coefficient (Wildman–Crippen LogP) is 4.24. The van der Waals surface area contributed by atoms with Crippen LogP contribution in [0.2, 0.25) is 5.02 Å². The van der Waals surface area contributed by atoms with Gasteiger partial charge in [0.1, 0.15) is 17.3 Å². The van der Waals surface area contributed by atoms with Crippen molar-refractivity contribution < 1.29 is 18.7 Å². The van der Waals surface area contributed by atoms with Crippen LogP contribution in [0, 0.1) is 5.82 Å². The Hall–Kier alpha value is -1.92. The smallest absolute Gasteiger partial charge is 0.234 e. The molecule has 128 valence electrons. The van der Waals surface area contributed by atoms with Gasteiger partial charge in [-0.1, -0.05) is 11.6 Å². The molecule has 0 spiro atoms. The summed E-state index contributed by atoms with van der Waals surface area (Å²) in [5.41, 5.74) is 0.401. The Morgan fingerprint density at radius 2 is 1.92 bits per heavy atom. The zero-order valence-corrected chi connectivity index (χ0v) is 14.6. The van der Waals surface area contributed by atoms with Crippen molar-refractivity contribution in [1.82, 2.24) is 0 Å². The van der Waals surface area contributed by atoms with Crippen molar-refractivity contribution in [3.05, 3.63) is 53.3 Å². The average Bonchev–Trinajstić information content (AvgIpc) is 2.57. The lowest BCUT2D eigenvalue weighted by atomic mass is 10.3. The van der Waals surface area contributed by atoms with Crippen molar-refractivity contribution in [2.75, 3.05) is 30.5 Å². The zero-order chi connectivity index (χ0) is 17.4. The number of methoxy groups -OCH3 is 1. The van der Waals surface area contributed by atoms with Gasteiger partial charge >= 0.3 is 0 Å². The number of hydrogen-bond acceptors (Lipinski definition) is 4. The summed E-state index contributed by atoms with van der Waals surface area (Å²) in [6, 6.07) is 11.1. The fourth-order valence-electron chi connectivity index (χ4n) is 1.83. The number of carbonyl (C=O) groups excluding carboxylic acids is 1. The fourth-order valence-corrected chi connectivity index (χ4v) is 2.65. The van der Waals surface area contributed by atoms with Gasteiger partial charge in [0, 0.05) is 5.75 Å². The molecule has 2 aromatic carbocycles. The molecule has 7 heteroatoms. The molecule has 0 fully saturated rings. The molecule has 4 nitrogen and oxygen atoms in total. The van der Waals surface area contributed by atoms with Crippen molar-refractivity contribution in [3.63, 3.8) is 0 Å². The number of hydrogen-bond donors (Lipinski definition) is 1. The lowest BCUT2D eigenvalue weighted by molar-refractivity contribution is -0.113. The van der Waals surface area contributed by atoms with Crippen molar-refractivity contribution in [2.45, 2.75) is 0 Å². The van der Waals surface area contributed by atoms with Crippen LogP contribution in [0.1, 0.15) is 0 Å². The van der Waals surface area contributed by atoms with Crippen LogP contribution >= 0.6 is 23.4 Å². The van der Waals surface area contributed by atoms with E-state index in [1.54, 1.807) is 7.11 Å². The van der Waals surface area contributed by atoms with E-state index in [1.807, 2.05) is 24.3 Å². The molecule has 24 heavy (non-hydrogen) atoms. The highest BCUT2D eigenvalue weighted by Crippen LogP contribution is 2.22. The topological polar surface area (TPSA) is 47.6 Å². The van der Waals surface area contributed by atoms with E-state index in [1.165, 1.54) is 23.9 Å². The van der Waals surface area contributed by atoms with E-state index in [-0.39, 0.29) is 16.7 Å². The first-order valence-electron chi connectivity index (χ1n) is 7.18. The molecular weight excluding hydrogens is 353 g/mol. The van der Waals surface area contributed by atoms with E-state index in [0.717, 1.165) is 17.6 Å². The number of nitrogens with one attached hydrogen (secondary N) is 1. The predicted molar refractivity (Wildman–Crippen MR) is 95.9 cm³/mol. The Bertz CT molecular complexity index is 682. The van der Waals surface area contributed by atoms with Crippen LogP contribution in [-0.2, 0) is 4.79 Å². The van der Waals surface area contributed by atoms with Crippen LogP contribution < -0.4 is 14.8 Å². The van der Waals surface area contributed by atoms with Gasteiger partial charge in [0.25, 0.3) is 0 Å². The number of ether oxygens (including phenoxy) is 2. The molecule has 0 unspecified atom stereocenters. The van der Waals surface area contributed by atoms with Gasteiger partial charge in [0.15, 0.2) is 0 Å². The third kappa shape index (κ3) is 5.94. The third-order valence-electron chi connectivity index (χ3n) is 2.99. The Labute approximate surface area is 149 Å². The van der Waals surface area contributed by atoms with E-state index in [0.29, 0.717) is 18.0 Å². The molecule has 0 aliphatic rings. The van der Waals surface area contributed by atoms with Crippen molar-refractivity contribution in [3.8, 4) is 11.5 Å². The maximum atomic E-state index is 12.9. The Kier molecular flexibility index (Phi) is 7.21. The maximum absolute atomic E-state index is 12.9. The number of halogens is 2. The number of amides is 1. The minimum Gasteiger partial charge on any atom is -0.497 e. The fraction of sp³-hybridized carbons (Fsp3) is 0.235. The Morgan fingerprint density at radius 1 is 1.21 bits per heavy atom. The van der Waals surface area contributed by atoms with Crippen LogP contribution in [-0.4, -0.2) is 31.1 Å². The first-order chi connectivity index (χ1) is 11.6. The van der Waals surface area contributed by atoms with Crippen molar-refractivity contribution in [2.24, 2.45) is 0 Å². The lowest BCUT2D eigenvalue weighted by Gasteiger charge is -2.08. The molecular formula is C17H17ClFNO3S. The highest BCUT2D eigenvalue weighted by Gasteiger charge is 2.07. The second kappa shape index (κ2) is 9.39. The normalized spacial score (nSPS) is 10.3. The summed E-state index contributed by atoms with van der Waals surface area (Å²) in [4.78, 5) is 11.8. The molecule has 0 heterocycles. The third-order valence-corrected chi connectivity index (χ3v) is 4.23. The van der Waals surface area contributed by atoms with Gasteiger partial charge in [0.2, 0.25) is 5.91 Å². The molecule has 0 radical (unpaired) electrons. The summed E-state index contributed by atoms with van der Waals surface area (Å²) in [6.07, 6.45) is 0. The standard InChI is InChI=1S/C17H17ClFNO3S/c1-22-13-3-5-14(6-4-13)23-8-9-24-11-17(21)20-16-7-2-12(19)10-15(16)18/h2-7,10H,8-9,11H2,1H3,(H,20,21). The number of benzene rings is 2. The number of thioether (sulfide) groups is 1. The van der Waals surface area contributed by atoms with Crippen molar-refractivity contribution in [1.29, 1.82) is 0 Å². The minimum absolute atomic E-state index is 0.177. The van der Waals surface area contributed by atoms with Crippen LogP contribution in [0.5, 0.6) is 11.5 Å². The van der Waals surface area contributed by atoms with E-state index >= 15 is 0 Å². The second-order valence-electron chi connectivity index (χ2n) is 4.75. The SMILES string of the molecule is COc1ccc(OCCSCC(=O)Nc2ccc(F)cc2Cl)cc1. The van der Waals surface area contributed by atoms with Gasteiger partial charge < -0.3 is 14.8 Å². The molecule has 0 aliphatic heterocycles. The minimum atomic E-state index is -0.442. The molecule has 0 atom stereocenters. The summed E-state index contributed by atoms with van der Waals surface area (Å²) >= 11 is 7.29. The first-order valence-corrected chi connectivity index (χ1v) is 8.71. The monoisotopic (exact) mass is 369 g/mol. The van der Waals surface area contributed by atoms with Gasteiger partial charge in [-0.15, -0.1) is 11.8 Å². The summed E-state index contributed by atoms with van der Waals surface area (Å²) in [5.74, 6) is 1.81. The molecule has 0 bridgehead atoms. The zero-order valence-electron chi connectivity index (χ0n) is 13.1. The van der Waals surface area contributed by atoms with Gasteiger partial charge in [-0.2, -0.15) is 0 Å². The number of anilines is 1. The summed E-state index contributed by atoms with van der Waals surface area (Å²) in [6.45, 7) is 0.488. The summed E-state index contributed by atoms with van der Waals surface area (Å²) < 4.78 is 23.6. The van der Waals surface area contributed by atoms with Gasteiger partial charge in [0.05, 0.1) is 30.2 Å². The van der Waals surface area contributed by atoms with Gasteiger partial charge in [-0.3, -0.25) is 4.79 Å². The summed E-state index contributed by atoms with van der Waals surface area (Å²) in [7, 11) is 1.61. The maximum Gasteiger partial charge on any atom is 0.234 e. The molecule has 0 saturated carbocycles. The Morgan fingerprint density at radius 3 is 2.58 bits per heavy atom. The highest BCUT2D eigenvalue weighted by atomic mass is 35.5. The van der Waals surface area contributed by atoms with E-state index in [4.69, 9.17) is 21.1 Å².